The minimum Gasteiger partial charge on any atom is -0.487 e. The molecule has 19 heteroatoms. The van der Waals surface area contributed by atoms with Gasteiger partial charge in [-0.1, -0.05) is 24.3 Å². The molecule has 0 saturated carbocycles. The van der Waals surface area contributed by atoms with Crippen LogP contribution in [0, 0.1) is 10.1 Å². The van der Waals surface area contributed by atoms with Crippen LogP contribution in [0.4, 0.5) is 22.7 Å². The highest BCUT2D eigenvalue weighted by Crippen LogP contribution is 2.38. The number of para-hydroxylation sites is 4. The van der Waals surface area contributed by atoms with Crippen LogP contribution in [0.15, 0.2) is 97.1 Å². The number of aromatic carboxylic acids is 1. The molecule has 0 radical (unpaired) electrons. The minimum absolute atomic E-state index is 0.0445. The van der Waals surface area contributed by atoms with Crippen molar-refractivity contribution in [2.75, 3.05) is 16.0 Å². The lowest BCUT2D eigenvalue weighted by atomic mass is 10.1. The van der Waals surface area contributed by atoms with Gasteiger partial charge >= 0.3 is 5.97 Å². The van der Waals surface area contributed by atoms with Crippen molar-refractivity contribution in [3.05, 3.63) is 130 Å². The highest BCUT2D eigenvalue weighted by molar-refractivity contribution is 6.14. The van der Waals surface area contributed by atoms with E-state index in [1.54, 1.807) is 60.7 Å². The van der Waals surface area contributed by atoms with Crippen LogP contribution in [0.3, 0.4) is 0 Å². The normalized spacial score (nSPS) is 12.1. The number of ether oxygens (including phenoxy) is 4. The van der Waals surface area contributed by atoms with Gasteiger partial charge < -0.3 is 40.0 Å². The van der Waals surface area contributed by atoms with Crippen molar-refractivity contribution in [1.29, 1.82) is 0 Å². The maximum Gasteiger partial charge on any atom is 0.354 e. The summed E-state index contributed by atoms with van der Waals surface area (Å²) in [6.07, 6.45) is 0. The number of nitro benzene ring substituents is 1. The summed E-state index contributed by atoms with van der Waals surface area (Å²) in [5, 5.41) is 32.4. The largest absolute Gasteiger partial charge is 0.487 e. The molecule has 4 N–H and O–H groups in total. The number of nitrogens with one attached hydrogen (secondary N) is 3. The molecule has 0 aliphatic rings. The third kappa shape index (κ3) is 11.9. The van der Waals surface area contributed by atoms with Crippen molar-refractivity contribution in [2.24, 2.45) is 0 Å². The Balaban J connectivity index is 1.19. The van der Waals surface area contributed by atoms with Crippen LogP contribution >= 0.6 is 0 Å². The molecular weight excluding hydrogens is 961 g/mol. The van der Waals surface area contributed by atoms with E-state index < -0.39 is 51.0 Å². The number of nitro groups is 1. The van der Waals surface area contributed by atoms with Crippen LogP contribution in [0.1, 0.15) is 125 Å². The summed E-state index contributed by atoms with van der Waals surface area (Å²) in [6, 6.07) is 25.1. The Morgan fingerprint density at radius 3 is 1.00 bits per heavy atom. The van der Waals surface area contributed by atoms with Gasteiger partial charge in [0.15, 0.2) is 11.2 Å². The Bertz CT molecular complexity index is 3660. The first kappa shape index (κ1) is 52.3. The van der Waals surface area contributed by atoms with E-state index >= 15 is 0 Å². The van der Waals surface area contributed by atoms with Crippen LogP contribution in [0.5, 0.6) is 23.0 Å². The molecule has 4 aromatic carbocycles. The van der Waals surface area contributed by atoms with Gasteiger partial charge in [-0.15, -0.1) is 0 Å². The second-order valence-electron chi connectivity index (χ2n) is 21.6. The summed E-state index contributed by atoms with van der Waals surface area (Å²) in [7, 11) is 0. The number of nitrogens with zero attached hydrogens (tertiary/aromatic N) is 5. The molecule has 8 aromatic rings. The van der Waals surface area contributed by atoms with Gasteiger partial charge in [0.2, 0.25) is 0 Å². The van der Waals surface area contributed by atoms with E-state index in [0.717, 1.165) is 0 Å². The zero-order valence-electron chi connectivity index (χ0n) is 43.5. The number of fused-ring (bicyclic) bond motifs is 4. The number of carbonyl (C=O) groups excluding carboxylic acids is 3. The van der Waals surface area contributed by atoms with E-state index in [0.29, 0.717) is 21.5 Å². The smallest absolute Gasteiger partial charge is 0.354 e. The fraction of sp³-hybridized carbons (Fsp3) is 0.286. The molecule has 0 bridgehead atoms. The monoisotopic (exact) mass is 1020 g/mol. The molecule has 0 fully saturated rings. The molecule has 0 unspecified atom stereocenters. The number of rotatable bonds is 12. The number of carboxylic acids is 1. The van der Waals surface area contributed by atoms with Crippen molar-refractivity contribution in [1.82, 2.24) is 19.9 Å². The molecule has 4 aromatic heterocycles. The van der Waals surface area contributed by atoms with Crippen molar-refractivity contribution in [3.8, 4) is 23.0 Å². The molecule has 0 aliphatic heterocycles. The van der Waals surface area contributed by atoms with Gasteiger partial charge in [0, 0.05) is 51.9 Å². The molecule has 386 valence electrons. The first-order valence-corrected chi connectivity index (χ1v) is 23.8. The third-order valence-corrected chi connectivity index (χ3v) is 10.7. The maximum absolute atomic E-state index is 14.6. The molecule has 0 saturated heterocycles. The van der Waals surface area contributed by atoms with Gasteiger partial charge in [-0.2, -0.15) is 0 Å². The van der Waals surface area contributed by atoms with Gasteiger partial charge in [-0.05, 0) is 126 Å². The fourth-order valence-electron chi connectivity index (χ4n) is 7.98. The van der Waals surface area contributed by atoms with Crippen LogP contribution in [-0.4, -0.2) is 76.1 Å². The summed E-state index contributed by atoms with van der Waals surface area (Å²) in [6.45, 7) is 21.9. The summed E-state index contributed by atoms with van der Waals surface area (Å²) in [4.78, 5) is 85.3. The van der Waals surface area contributed by atoms with E-state index in [-0.39, 0.29) is 90.6 Å². The van der Waals surface area contributed by atoms with Crippen LogP contribution in [-0.2, 0) is 0 Å². The molecule has 0 spiro atoms. The van der Waals surface area contributed by atoms with Crippen molar-refractivity contribution >= 4 is 90.1 Å². The van der Waals surface area contributed by atoms with Crippen LogP contribution in [0.2, 0.25) is 0 Å². The Labute approximate surface area is 431 Å². The highest BCUT2D eigenvalue weighted by atomic mass is 16.6. The first-order chi connectivity index (χ1) is 35.0. The summed E-state index contributed by atoms with van der Waals surface area (Å²) in [5.41, 5.74) is -2.98. The van der Waals surface area contributed by atoms with Gasteiger partial charge in [0.25, 0.3) is 23.4 Å². The van der Waals surface area contributed by atoms with Crippen LogP contribution in [0.25, 0.3) is 43.6 Å². The van der Waals surface area contributed by atoms with Gasteiger partial charge in [0.05, 0.1) is 38.5 Å². The number of hydrogen-bond acceptors (Lipinski definition) is 14. The summed E-state index contributed by atoms with van der Waals surface area (Å²) >= 11 is 0. The topological polar surface area (TPSA) is 256 Å². The molecular formula is C56H56N8O11. The summed E-state index contributed by atoms with van der Waals surface area (Å²) in [5.74, 6) is -2.43. The zero-order valence-corrected chi connectivity index (χ0v) is 43.5. The molecule has 0 aliphatic carbocycles. The average Bonchev–Trinajstić information content (AvgIpc) is 3.29. The van der Waals surface area contributed by atoms with E-state index in [2.05, 4.69) is 25.9 Å². The number of pyridine rings is 4. The number of non-ortho nitro benzene ring substituents is 1. The quantitative estimate of drug-likeness (QED) is 0.0655. The number of hydrogen-bond donors (Lipinski definition) is 4. The Kier molecular flexibility index (Phi) is 13.6. The number of benzene rings is 4. The first-order valence-electron chi connectivity index (χ1n) is 23.8. The SMILES string of the molecule is CC(C)(C)Oc1cc(C(=O)O)nc2c(NC(=O)c3cc(OC(C)(C)C)c4cccc(NC(=O)c5cc(OC(C)(C)C)c6cccc(NC(=O)c7cc(OC(C)(C)C)c8cccc([N+](=O)[O-])c8n7)c6n5)c4n3)cccc12. The highest BCUT2D eigenvalue weighted by Gasteiger charge is 2.27. The lowest BCUT2D eigenvalue weighted by Crippen LogP contribution is -2.24. The van der Waals surface area contributed by atoms with E-state index in [1.165, 1.54) is 36.4 Å². The fourth-order valence-corrected chi connectivity index (χ4v) is 7.98. The minimum atomic E-state index is -1.29. The maximum atomic E-state index is 14.6. The third-order valence-electron chi connectivity index (χ3n) is 10.7. The van der Waals surface area contributed by atoms with Gasteiger partial charge in [0.1, 0.15) is 62.5 Å². The lowest BCUT2D eigenvalue weighted by Gasteiger charge is -2.24. The molecule has 4 heterocycles. The molecule has 3 amide bonds. The number of amides is 3. The van der Waals surface area contributed by atoms with Crippen molar-refractivity contribution < 1.29 is 48.2 Å². The van der Waals surface area contributed by atoms with E-state index in [1.807, 2.05) is 83.1 Å². The number of carboxylic acid groups (broad SMARTS) is 1. The summed E-state index contributed by atoms with van der Waals surface area (Å²) < 4.78 is 25.1. The predicted molar refractivity (Wildman–Crippen MR) is 286 cm³/mol. The molecule has 19 nitrogen and oxygen atoms in total. The van der Waals surface area contributed by atoms with Crippen molar-refractivity contribution in [3.63, 3.8) is 0 Å². The van der Waals surface area contributed by atoms with Crippen LogP contribution < -0.4 is 34.9 Å². The molecule has 75 heavy (non-hydrogen) atoms. The lowest BCUT2D eigenvalue weighted by molar-refractivity contribution is -0.383. The van der Waals surface area contributed by atoms with Gasteiger partial charge in [-0.3, -0.25) is 24.5 Å². The van der Waals surface area contributed by atoms with Crippen molar-refractivity contribution in [2.45, 2.75) is 105 Å². The molecule has 8 rings (SSSR count). The van der Waals surface area contributed by atoms with E-state index in [9.17, 15) is 34.4 Å². The standard InChI is InChI=1S/C56H56N8O11/c1-53(2,3)72-41-25-36(57-46-30(41)18-14-22-34(46)62-51(67)38-27-43(74-55(7,8)9)32-20-16-24-40(64(70)71)48(32)59-38)49(65)61-33-21-13-17-29-42(73-54(4,5)6)26-37(58-45(29)33)50(66)63-35-23-15-19-31-44(75-56(10,11)12)28-39(52(68)69)60-47(31)35/h13-28H,1-12H3,(H,61,65)(H,62,67)(H,63,66)(H,68,69). The van der Waals surface area contributed by atoms with E-state index in [4.69, 9.17) is 28.9 Å². The average molecular weight is 1020 g/mol. The number of aromatic nitrogens is 4. The molecule has 0 atom stereocenters. The number of anilines is 3. The number of carbonyl (C=O) groups is 4. The Morgan fingerprint density at radius 2 is 0.707 bits per heavy atom. The Morgan fingerprint density at radius 1 is 0.440 bits per heavy atom. The predicted octanol–water partition coefficient (Wildman–Crippen LogP) is 12.0. The zero-order chi connectivity index (χ0) is 54.5. The second kappa shape index (κ2) is 19.4. The second-order valence-corrected chi connectivity index (χ2v) is 21.6. The van der Waals surface area contributed by atoms with Gasteiger partial charge in [-0.25, -0.2) is 24.7 Å². The Hall–Kier alpha value is -9.00.